The minimum atomic E-state index is -0.0971. The van der Waals surface area contributed by atoms with E-state index in [4.69, 9.17) is 11.6 Å². The Morgan fingerprint density at radius 1 is 0.794 bits per heavy atom. The number of fused-ring (bicyclic) bond motifs is 1. The molecule has 0 atom stereocenters. The summed E-state index contributed by atoms with van der Waals surface area (Å²) in [6, 6.07) is 36.3. The summed E-state index contributed by atoms with van der Waals surface area (Å²) in [5.74, 6) is -0.0971. The first kappa shape index (κ1) is 22.3. The molecule has 0 bridgehead atoms. The maximum atomic E-state index is 13.2. The van der Waals surface area contributed by atoms with E-state index >= 15 is 0 Å². The lowest BCUT2D eigenvalue weighted by Crippen LogP contribution is -2.18. The van der Waals surface area contributed by atoms with Crippen molar-refractivity contribution in [3.63, 3.8) is 0 Å². The molecule has 5 aromatic rings. The second-order valence-corrected chi connectivity index (χ2v) is 9.48. The average Bonchev–Trinajstić information content (AvgIpc) is 3.14. The third kappa shape index (κ3) is 4.89. The molecule has 168 valence electrons. The van der Waals surface area contributed by atoms with Crippen LogP contribution in [0.1, 0.15) is 11.3 Å². The number of nitrogens with one attached hydrogen (secondary N) is 1. The van der Waals surface area contributed by atoms with Gasteiger partial charge >= 0.3 is 0 Å². The van der Waals surface area contributed by atoms with Crippen LogP contribution < -0.4 is 5.32 Å². The van der Waals surface area contributed by atoms with E-state index in [1.54, 1.807) is 17.8 Å². The monoisotopic (exact) mass is 482 g/mol. The largest absolute Gasteiger partial charge is 0.338 e. The Labute approximate surface area is 208 Å². The topological polar surface area (TPSA) is 34.0 Å². The third-order valence-corrected chi connectivity index (χ3v) is 7.15. The van der Waals surface area contributed by atoms with Crippen LogP contribution in [-0.2, 0) is 17.8 Å². The van der Waals surface area contributed by atoms with Crippen LogP contribution in [0.2, 0.25) is 5.02 Å². The number of hydrogen-bond acceptors (Lipinski definition) is 2. The van der Waals surface area contributed by atoms with Crippen molar-refractivity contribution in [1.29, 1.82) is 0 Å². The van der Waals surface area contributed by atoms with Gasteiger partial charge in [-0.3, -0.25) is 4.79 Å². The number of anilines is 1. The van der Waals surface area contributed by atoms with Gasteiger partial charge in [0.15, 0.2) is 0 Å². The summed E-state index contributed by atoms with van der Waals surface area (Å²) in [6.07, 6.45) is 0.238. The van der Waals surface area contributed by atoms with E-state index in [-0.39, 0.29) is 12.3 Å². The molecule has 5 rings (SSSR count). The van der Waals surface area contributed by atoms with Crippen molar-refractivity contribution in [1.82, 2.24) is 4.57 Å². The number of nitrogens with zero attached hydrogens (tertiary/aromatic N) is 1. The van der Waals surface area contributed by atoms with Crippen molar-refractivity contribution >= 4 is 45.9 Å². The van der Waals surface area contributed by atoms with Crippen molar-refractivity contribution in [3.8, 4) is 0 Å². The highest BCUT2D eigenvalue weighted by atomic mass is 35.5. The molecule has 0 radical (unpaired) electrons. The summed E-state index contributed by atoms with van der Waals surface area (Å²) in [5, 5.41) is 4.67. The van der Waals surface area contributed by atoms with Crippen LogP contribution in [0.3, 0.4) is 0 Å². The van der Waals surface area contributed by atoms with E-state index in [9.17, 15) is 4.79 Å². The molecule has 1 amide bonds. The SMILES string of the molecule is O=C(Cc1c(Sc2ccccc2)c2ccccc2n1Cc1ccccc1)Nc1ccccc1Cl. The lowest BCUT2D eigenvalue weighted by atomic mass is 10.2. The lowest BCUT2D eigenvalue weighted by molar-refractivity contribution is -0.115. The first-order chi connectivity index (χ1) is 16.7. The number of para-hydroxylation sites is 2. The minimum absolute atomic E-state index is 0.0971. The van der Waals surface area contributed by atoms with Crippen molar-refractivity contribution in [3.05, 3.63) is 125 Å². The molecule has 0 aliphatic carbocycles. The fourth-order valence-electron chi connectivity index (χ4n) is 4.08. The Balaban J connectivity index is 1.59. The molecule has 0 unspecified atom stereocenters. The molecule has 1 N–H and O–H groups in total. The molecular formula is C29H23ClN2OS. The molecule has 0 fully saturated rings. The van der Waals surface area contributed by atoms with Gasteiger partial charge in [-0.05, 0) is 35.9 Å². The van der Waals surface area contributed by atoms with Gasteiger partial charge in [-0.2, -0.15) is 0 Å². The fourth-order valence-corrected chi connectivity index (χ4v) is 5.37. The fraction of sp³-hybridized carbons (Fsp3) is 0.0690. The average molecular weight is 483 g/mol. The highest BCUT2D eigenvalue weighted by Gasteiger charge is 2.21. The third-order valence-electron chi connectivity index (χ3n) is 5.65. The Morgan fingerprint density at radius 2 is 1.44 bits per heavy atom. The van der Waals surface area contributed by atoms with E-state index < -0.39 is 0 Å². The lowest BCUT2D eigenvalue weighted by Gasteiger charge is -2.13. The smallest absolute Gasteiger partial charge is 0.230 e. The summed E-state index contributed by atoms with van der Waals surface area (Å²) in [5.41, 5.74) is 3.92. The standard InChI is InChI=1S/C29H23ClN2OS/c30-24-16-8-9-17-25(24)31-28(33)19-27-29(34-22-13-5-2-6-14-22)23-15-7-10-18-26(23)32(27)20-21-11-3-1-4-12-21/h1-18H,19-20H2,(H,31,33). The Morgan fingerprint density at radius 3 is 2.21 bits per heavy atom. The normalized spacial score (nSPS) is 11.0. The quantitative estimate of drug-likeness (QED) is 0.258. The Kier molecular flexibility index (Phi) is 6.70. The zero-order valence-electron chi connectivity index (χ0n) is 18.4. The molecule has 0 saturated heterocycles. The zero-order chi connectivity index (χ0) is 23.3. The van der Waals surface area contributed by atoms with Crippen molar-refractivity contribution in [2.24, 2.45) is 0 Å². The first-order valence-corrected chi connectivity index (χ1v) is 12.3. The zero-order valence-corrected chi connectivity index (χ0v) is 20.0. The van der Waals surface area contributed by atoms with E-state index in [2.05, 4.69) is 52.3 Å². The summed E-state index contributed by atoms with van der Waals surface area (Å²) >= 11 is 7.99. The van der Waals surface area contributed by atoms with Gasteiger partial charge in [-0.25, -0.2) is 0 Å². The number of hydrogen-bond donors (Lipinski definition) is 1. The molecule has 34 heavy (non-hydrogen) atoms. The molecule has 0 aliphatic rings. The van der Waals surface area contributed by atoms with Crippen LogP contribution in [0.25, 0.3) is 10.9 Å². The second-order valence-electron chi connectivity index (χ2n) is 7.98. The van der Waals surface area contributed by atoms with Crippen LogP contribution in [0.4, 0.5) is 5.69 Å². The number of rotatable bonds is 7. The predicted octanol–water partition coefficient (Wildman–Crippen LogP) is 7.68. The molecule has 0 spiro atoms. The molecular weight excluding hydrogens is 460 g/mol. The van der Waals surface area contributed by atoms with E-state index in [1.165, 1.54) is 5.56 Å². The van der Waals surface area contributed by atoms with E-state index in [0.29, 0.717) is 17.3 Å². The minimum Gasteiger partial charge on any atom is -0.338 e. The summed E-state index contributed by atoms with van der Waals surface area (Å²) in [6.45, 7) is 0.686. The number of amides is 1. The summed E-state index contributed by atoms with van der Waals surface area (Å²) in [7, 11) is 0. The molecule has 1 aromatic heterocycles. The van der Waals surface area contributed by atoms with Gasteiger partial charge in [0.25, 0.3) is 0 Å². The maximum absolute atomic E-state index is 13.2. The van der Waals surface area contributed by atoms with Crippen molar-refractivity contribution in [2.75, 3.05) is 5.32 Å². The van der Waals surface area contributed by atoms with Gasteiger partial charge in [0.1, 0.15) is 0 Å². The van der Waals surface area contributed by atoms with Gasteiger partial charge in [-0.15, -0.1) is 0 Å². The Bertz CT molecular complexity index is 1350. The first-order valence-electron chi connectivity index (χ1n) is 11.1. The number of benzene rings is 4. The molecule has 5 heteroatoms. The van der Waals surface area contributed by atoms with Gasteiger partial charge < -0.3 is 9.88 Å². The van der Waals surface area contributed by atoms with Crippen LogP contribution in [0.5, 0.6) is 0 Å². The number of carbonyl (C=O) groups is 1. The van der Waals surface area contributed by atoms with E-state index in [0.717, 1.165) is 26.4 Å². The highest BCUT2D eigenvalue weighted by molar-refractivity contribution is 7.99. The number of halogens is 1. The van der Waals surface area contributed by atoms with Crippen LogP contribution in [-0.4, -0.2) is 10.5 Å². The van der Waals surface area contributed by atoms with Gasteiger partial charge in [0.2, 0.25) is 5.91 Å². The number of carbonyl (C=O) groups excluding carboxylic acids is 1. The van der Waals surface area contributed by atoms with Gasteiger partial charge in [0.05, 0.1) is 17.1 Å². The Hall–Kier alpha value is -3.47. The maximum Gasteiger partial charge on any atom is 0.230 e. The second kappa shape index (κ2) is 10.2. The number of aromatic nitrogens is 1. The summed E-state index contributed by atoms with van der Waals surface area (Å²) < 4.78 is 2.27. The van der Waals surface area contributed by atoms with Crippen LogP contribution in [0, 0.1) is 0 Å². The summed E-state index contributed by atoms with van der Waals surface area (Å²) in [4.78, 5) is 15.5. The highest BCUT2D eigenvalue weighted by Crippen LogP contribution is 2.39. The molecule has 3 nitrogen and oxygen atoms in total. The van der Waals surface area contributed by atoms with Gasteiger partial charge in [0, 0.05) is 32.9 Å². The molecule has 1 heterocycles. The molecule has 0 aliphatic heterocycles. The van der Waals surface area contributed by atoms with Crippen LogP contribution >= 0.6 is 23.4 Å². The molecule has 4 aromatic carbocycles. The van der Waals surface area contributed by atoms with E-state index in [1.807, 2.05) is 60.7 Å². The van der Waals surface area contributed by atoms with Crippen LogP contribution in [0.15, 0.2) is 119 Å². The van der Waals surface area contributed by atoms with Gasteiger partial charge in [-0.1, -0.05) is 102 Å². The predicted molar refractivity (Wildman–Crippen MR) is 142 cm³/mol. The van der Waals surface area contributed by atoms with Crippen molar-refractivity contribution in [2.45, 2.75) is 22.8 Å². The van der Waals surface area contributed by atoms with Crippen molar-refractivity contribution < 1.29 is 4.79 Å². The molecule has 0 saturated carbocycles.